The number of nitrogens with one attached hydrogen (secondary N) is 1. The van der Waals surface area contributed by atoms with Crippen LogP contribution in [0.5, 0.6) is 5.75 Å². The number of aliphatic carboxylic acids is 1. The number of primary amides is 1. The summed E-state index contributed by atoms with van der Waals surface area (Å²) >= 11 is 0. The maximum atomic E-state index is 11.1. The molecule has 2 rings (SSSR count). The standard InChI is InChI=1S/C11H12N2O4/c12-11(16)13-9-5-7(10(14)15)6-3-1-2-4-8(6)17-9/h1-4,7,9H,5H2,(H,14,15)(H3,12,13,16). The number of carboxylic acids is 1. The van der Waals surface area contributed by atoms with E-state index in [0.717, 1.165) is 0 Å². The highest BCUT2D eigenvalue weighted by Crippen LogP contribution is 2.35. The smallest absolute Gasteiger partial charge is 0.315 e. The van der Waals surface area contributed by atoms with Gasteiger partial charge in [-0.3, -0.25) is 4.79 Å². The lowest BCUT2D eigenvalue weighted by molar-refractivity contribution is -0.140. The maximum Gasteiger partial charge on any atom is 0.315 e. The van der Waals surface area contributed by atoms with Crippen LogP contribution in [0.15, 0.2) is 24.3 Å². The predicted octanol–water partition coefficient (Wildman–Crippen LogP) is 0.632. The Bertz CT molecular complexity index is 461. The van der Waals surface area contributed by atoms with Gasteiger partial charge in [-0.15, -0.1) is 0 Å². The third-order valence-corrected chi connectivity index (χ3v) is 2.61. The van der Waals surface area contributed by atoms with Crippen molar-refractivity contribution in [2.75, 3.05) is 0 Å². The van der Waals surface area contributed by atoms with E-state index in [1.54, 1.807) is 24.3 Å². The number of hydrogen-bond acceptors (Lipinski definition) is 3. The van der Waals surface area contributed by atoms with Gasteiger partial charge in [0.05, 0.1) is 5.92 Å². The van der Waals surface area contributed by atoms with E-state index >= 15 is 0 Å². The predicted molar refractivity (Wildman–Crippen MR) is 58.6 cm³/mol. The number of rotatable bonds is 2. The first-order chi connectivity index (χ1) is 8.08. The molecule has 4 N–H and O–H groups in total. The average molecular weight is 236 g/mol. The van der Waals surface area contributed by atoms with Gasteiger partial charge in [-0.1, -0.05) is 18.2 Å². The molecular formula is C11H12N2O4. The van der Waals surface area contributed by atoms with Crippen molar-refractivity contribution in [2.45, 2.75) is 18.6 Å². The van der Waals surface area contributed by atoms with Crippen LogP contribution in [0.1, 0.15) is 17.9 Å². The Labute approximate surface area is 97.4 Å². The van der Waals surface area contributed by atoms with Crippen molar-refractivity contribution in [1.29, 1.82) is 0 Å². The van der Waals surface area contributed by atoms with Crippen LogP contribution >= 0.6 is 0 Å². The first-order valence-electron chi connectivity index (χ1n) is 5.12. The van der Waals surface area contributed by atoms with Gasteiger partial charge in [0.2, 0.25) is 0 Å². The van der Waals surface area contributed by atoms with Crippen LogP contribution in [0.25, 0.3) is 0 Å². The Balaban J connectivity index is 2.29. The molecule has 0 aromatic heterocycles. The fourth-order valence-corrected chi connectivity index (χ4v) is 1.90. The van der Waals surface area contributed by atoms with Gasteiger partial charge in [0.15, 0.2) is 6.23 Å². The van der Waals surface area contributed by atoms with Gasteiger partial charge in [-0.25, -0.2) is 4.79 Å². The molecule has 2 amide bonds. The van der Waals surface area contributed by atoms with E-state index in [2.05, 4.69) is 5.32 Å². The summed E-state index contributed by atoms with van der Waals surface area (Å²) in [5.74, 6) is -1.18. The normalized spacial score (nSPS) is 22.1. The fourth-order valence-electron chi connectivity index (χ4n) is 1.90. The number of carboxylic acid groups (broad SMARTS) is 1. The summed E-state index contributed by atoms with van der Waals surface area (Å²) in [6.07, 6.45) is -0.543. The number of para-hydroxylation sites is 1. The van der Waals surface area contributed by atoms with Crippen LogP contribution in [0.4, 0.5) is 4.79 Å². The molecule has 0 saturated heterocycles. The molecular weight excluding hydrogens is 224 g/mol. The molecule has 0 aliphatic carbocycles. The van der Waals surface area contributed by atoms with E-state index in [1.165, 1.54) is 0 Å². The molecule has 17 heavy (non-hydrogen) atoms. The maximum absolute atomic E-state index is 11.1. The van der Waals surface area contributed by atoms with Crippen molar-refractivity contribution in [1.82, 2.24) is 5.32 Å². The number of benzene rings is 1. The highest BCUT2D eigenvalue weighted by atomic mass is 16.5. The van der Waals surface area contributed by atoms with E-state index in [9.17, 15) is 9.59 Å². The van der Waals surface area contributed by atoms with Crippen molar-refractivity contribution < 1.29 is 19.4 Å². The number of fused-ring (bicyclic) bond motifs is 1. The van der Waals surface area contributed by atoms with Crippen molar-refractivity contribution in [3.63, 3.8) is 0 Å². The molecule has 6 nitrogen and oxygen atoms in total. The van der Waals surface area contributed by atoms with E-state index in [0.29, 0.717) is 11.3 Å². The second-order valence-electron chi connectivity index (χ2n) is 3.78. The summed E-state index contributed by atoms with van der Waals surface area (Å²) in [5.41, 5.74) is 5.60. The molecule has 1 aromatic carbocycles. The van der Waals surface area contributed by atoms with Gasteiger partial charge in [0.25, 0.3) is 0 Å². The van der Waals surface area contributed by atoms with Crippen molar-refractivity contribution in [3.8, 4) is 5.75 Å². The molecule has 6 heteroatoms. The lowest BCUT2D eigenvalue weighted by atomic mass is 9.92. The number of ether oxygens (including phenoxy) is 1. The minimum Gasteiger partial charge on any atom is -0.481 e. The molecule has 1 heterocycles. The Morgan fingerprint density at radius 3 is 2.76 bits per heavy atom. The van der Waals surface area contributed by atoms with Gasteiger partial charge < -0.3 is 20.9 Å². The molecule has 0 fully saturated rings. The topological polar surface area (TPSA) is 102 Å². The van der Waals surface area contributed by atoms with Crippen LogP contribution in [0.3, 0.4) is 0 Å². The van der Waals surface area contributed by atoms with Gasteiger partial charge in [0.1, 0.15) is 5.75 Å². The Morgan fingerprint density at radius 1 is 1.41 bits per heavy atom. The monoisotopic (exact) mass is 236 g/mol. The number of urea groups is 1. The van der Waals surface area contributed by atoms with Crippen LogP contribution in [0.2, 0.25) is 0 Å². The minimum absolute atomic E-state index is 0.162. The molecule has 90 valence electrons. The highest BCUT2D eigenvalue weighted by Gasteiger charge is 2.33. The zero-order chi connectivity index (χ0) is 12.4. The minimum atomic E-state index is -0.947. The second kappa shape index (κ2) is 4.32. The lowest BCUT2D eigenvalue weighted by Gasteiger charge is -2.30. The summed E-state index contributed by atoms with van der Waals surface area (Å²) in [5, 5.41) is 11.5. The summed E-state index contributed by atoms with van der Waals surface area (Å²) in [6, 6.07) is 6.12. The van der Waals surface area contributed by atoms with Crippen LogP contribution in [0, 0.1) is 0 Å². The van der Waals surface area contributed by atoms with Crippen LogP contribution < -0.4 is 15.8 Å². The Morgan fingerprint density at radius 2 is 2.12 bits per heavy atom. The van der Waals surface area contributed by atoms with E-state index < -0.39 is 24.1 Å². The summed E-state index contributed by atoms with van der Waals surface area (Å²) in [7, 11) is 0. The molecule has 1 aliphatic heterocycles. The Kier molecular flexibility index (Phi) is 2.86. The Hall–Kier alpha value is -2.24. The molecule has 0 spiro atoms. The molecule has 0 bridgehead atoms. The number of carbonyl (C=O) groups is 2. The molecule has 1 aromatic rings. The van der Waals surface area contributed by atoms with Gasteiger partial charge >= 0.3 is 12.0 Å². The second-order valence-corrected chi connectivity index (χ2v) is 3.78. The molecule has 2 unspecified atom stereocenters. The zero-order valence-corrected chi connectivity index (χ0v) is 8.92. The van der Waals surface area contributed by atoms with Crippen molar-refractivity contribution in [3.05, 3.63) is 29.8 Å². The number of hydrogen-bond donors (Lipinski definition) is 3. The number of carbonyl (C=O) groups excluding carboxylic acids is 1. The fraction of sp³-hybridized carbons (Fsp3) is 0.273. The average Bonchev–Trinajstić information content (AvgIpc) is 2.27. The summed E-state index contributed by atoms with van der Waals surface area (Å²) in [4.78, 5) is 21.9. The van der Waals surface area contributed by atoms with Gasteiger partial charge in [-0.05, 0) is 6.07 Å². The number of nitrogens with two attached hydrogens (primary N) is 1. The van der Waals surface area contributed by atoms with Crippen LogP contribution in [-0.2, 0) is 4.79 Å². The summed E-state index contributed by atoms with van der Waals surface area (Å²) in [6.45, 7) is 0. The SMILES string of the molecule is NC(=O)NC1CC(C(=O)O)c2ccccc2O1. The molecule has 1 aliphatic rings. The van der Waals surface area contributed by atoms with Crippen LogP contribution in [-0.4, -0.2) is 23.3 Å². The van der Waals surface area contributed by atoms with E-state index in [-0.39, 0.29) is 6.42 Å². The molecule has 2 atom stereocenters. The van der Waals surface area contributed by atoms with Gasteiger partial charge in [0, 0.05) is 12.0 Å². The highest BCUT2D eigenvalue weighted by molar-refractivity contribution is 5.78. The largest absolute Gasteiger partial charge is 0.481 e. The van der Waals surface area contributed by atoms with E-state index in [4.69, 9.17) is 15.6 Å². The zero-order valence-electron chi connectivity index (χ0n) is 8.92. The third kappa shape index (κ3) is 2.30. The molecule has 0 radical (unpaired) electrons. The first kappa shape index (κ1) is 11.3. The first-order valence-corrected chi connectivity index (χ1v) is 5.12. The summed E-state index contributed by atoms with van der Waals surface area (Å²) < 4.78 is 5.45. The third-order valence-electron chi connectivity index (χ3n) is 2.61. The quantitative estimate of drug-likeness (QED) is 0.700. The van der Waals surface area contributed by atoms with Crippen molar-refractivity contribution in [2.24, 2.45) is 5.73 Å². The molecule has 0 saturated carbocycles. The van der Waals surface area contributed by atoms with E-state index in [1.807, 2.05) is 0 Å². The van der Waals surface area contributed by atoms with Crippen molar-refractivity contribution >= 4 is 12.0 Å². The lowest BCUT2D eigenvalue weighted by Crippen LogP contribution is -2.45. The number of amides is 2. The van der Waals surface area contributed by atoms with Gasteiger partial charge in [-0.2, -0.15) is 0 Å².